The fourth-order valence-corrected chi connectivity index (χ4v) is 6.17. The number of hydrogen-bond donors (Lipinski definition) is 3. The summed E-state index contributed by atoms with van der Waals surface area (Å²) in [5.74, 6) is -0.936. The first kappa shape index (κ1) is 49.5. The predicted octanol–water partition coefficient (Wildman–Crippen LogP) is 10.2. The number of allylic oxidation sites excluding steroid dienone is 4. The molecule has 0 fully saturated rings. The number of unbranched alkanes of at least 4 members (excludes halogenated alkanes) is 20. The maximum Gasteiger partial charge on any atom is 0.472 e. The summed E-state index contributed by atoms with van der Waals surface area (Å²) in [6.45, 7) is 2.31. The highest BCUT2D eigenvalue weighted by atomic mass is 31.2. The minimum atomic E-state index is -4.61. The molecule has 0 amide bonds. The van der Waals surface area contributed by atoms with Crippen molar-refractivity contribution in [3.8, 4) is 0 Å². The Labute approximate surface area is 310 Å². The van der Waals surface area contributed by atoms with Gasteiger partial charge in [-0.05, 0) is 57.8 Å². The van der Waals surface area contributed by atoms with E-state index in [1.54, 1.807) is 0 Å². The highest BCUT2D eigenvalue weighted by Crippen LogP contribution is 2.43. The molecule has 0 radical (unpaired) electrons. The molecular formula is C40H75O10P. The molecule has 0 aliphatic heterocycles. The monoisotopic (exact) mass is 747 g/mol. The van der Waals surface area contributed by atoms with Gasteiger partial charge in [0.25, 0.3) is 0 Å². The van der Waals surface area contributed by atoms with Gasteiger partial charge in [-0.1, -0.05) is 134 Å². The number of ether oxygens (including phenoxy) is 2. The fraction of sp³-hybridized carbons (Fsp3) is 0.850. The highest BCUT2D eigenvalue weighted by molar-refractivity contribution is 7.47. The summed E-state index contributed by atoms with van der Waals surface area (Å²) in [7, 11) is -4.61. The molecule has 51 heavy (non-hydrogen) atoms. The minimum absolute atomic E-state index is 0.175. The standard InChI is InChI=1S/C40H75O10P/c1-3-5-7-9-11-13-15-16-17-18-19-20-22-23-25-27-29-31-39(43)47-35-38(36-49-51(45,46)48-34-37(42)33-41)50-40(44)32-30-28-26-24-21-14-12-10-8-6-4-2/h10,12-13,15,37-38,41-42H,3-9,11,14,16-36H2,1-2H3,(H,45,46)/b12-10+,15-13+/t37-,38+/m1/s1. The third kappa shape index (κ3) is 36.6. The van der Waals surface area contributed by atoms with Gasteiger partial charge in [-0.25, -0.2) is 4.57 Å². The molecule has 3 atom stereocenters. The zero-order valence-corrected chi connectivity index (χ0v) is 33.2. The maximum absolute atomic E-state index is 12.5. The lowest BCUT2D eigenvalue weighted by Crippen LogP contribution is -2.29. The van der Waals surface area contributed by atoms with E-state index in [0.717, 1.165) is 57.8 Å². The molecule has 0 saturated carbocycles. The van der Waals surface area contributed by atoms with Gasteiger partial charge in [0.05, 0.1) is 19.8 Å². The Morgan fingerprint density at radius 3 is 1.47 bits per heavy atom. The van der Waals surface area contributed by atoms with Crippen molar-refractivity contribution in [2.75, 3.05) is 26.4 Å². The number of rotatable bonds is 38. The third-order valence-electron chi connectivity index (χ3n) is 8.58. The average molecular weight is 747 g/mol. The van der Waals surface area contributed by atoms with Crippen molar-refractivity contribution >= 4 is 19.8 Å². The first-order chi connectivity index (χ1) is 24.7. The van der Waals surface area contributed by atoms with Crippen LogP contribution in [0, 0.1) is 0 Å². The van der Waals surface area contributed by atoms with E-state index in [1.165, 1.54) is 83.5 Å². The second-order valence-electron chi connectivity index (χ2n) is 13.7. The second kappa shape index (κ2) is 36.8. The molecule has 0 saturated heterocycles. The van der Waals surface area contributed by atoms with Gasteiger partial charge in [0.2, 0.25) is 0 Å². The van der Waals surface area contributed by atoms with Crippen molar-refractivity contribution in [2.45, 2.75) is 193 Å². The van der Waals surface area contributed by atoms with Crippen molar-refractivity contribution < 1.29 is 47.8 Å². The Kier molecular flexibility index (Phi) is 35.7. The summed E-state index contributed by atoms with van der Waals surface area (Å²) in [4.78, 5) is 34.8. The van der Waals surface area contributed by atoms with E-state index >= 15 is 0 Å². The molecule has 0 aromatic rings. The number of carbonyl (C=O) groups is 2. The number of carbonyl (C=O) groups excluding carboxylic acids is 2. The Morgan fingerprint density at radius 2 is 0.980 bits per heavy atom. The van der Waals surface area contributed by atoms with Gasteiger partial charge in [0, 0.05) is 12.8 Å². The Bertz CT molecular complexity index is 910. The molecule has 0 aromatic carbocycles. The van der Waals surface area contributed by atoms with Crippen LogP contribution in [0.25, 0.3) is 0 Å². The summed E-state index contributed by atoms with van der Waals surface area (Å²) in [5, 5.41) is 18.3. The first-order valence-corrected chi connectivity index (χ1v) is 21.8. The molecule has 11 heteroatoms. The third-order valence-corrected chi connectivity index (χ3v) is 9.53. The van der Waals surface area contributed by atoms with Crippen LogP contribution in [0.3, 0.4) is 0 Å². The molecule has 0 aliphatic rings. The average Bonchev–Trinajstić information content (AvgIpc) is 3.12. The molecule has 0 spiro atoms. The molecule has 0 bridgehead atoms. The van der Waals surface area contributed by atoms with E-state index in [-0.39, 0.29) is 19.4 Å². The van der Waals surface area contributed by atoms with Crippen molar-refractivity contribution in [3.63, 3.8) is 0 Å². The van der Waals surface area contributed by atoms with E-state index in [2.05, 4.69) is 42.7 Å². The molecule has 0 heterocycles. The quantitative estimate of drug-likeness (QED) is 0.0241. The van der Waals surface area contributed by atoms with Gasteiger partial charge in [0.15, 0.2) is 6.10 Å². The van der Waals surface area contributed by atoms with Gasteiger partial charge in [-0.2, -0.15) is 0 Å². The van der Waals surface area contributed by atoms with Crippen LogP contribution in [-0.2, 0) is 32.7 Å². The topological polar surface area (TPSA) is 149 Å². The number of hydrogen-bond acceptors (Lipinski definition) is 9. The summed E-state index contributed by atoms with van der Waals surface area (Å²) in [6, 6.07) is 0. The van der Waals surface area contributed by atoms with Crippen molar-refractivity contribution in [1.29, 1.82) is 0 Å². The number of aliphatic hydroxyl groups is 2. The van der Waals surface area contributed by atoms with Crippen molar-refractivity contribution in [3.05, 3.63) is 24.3 Å². The molecule has 0 aromatic heterocycles. The number of phosphoric acid groups is 1. The number of phosphoric ester groups is 1. The Morgan fingerprint density at radius 1 is 0.569 bits per heavy atom. The fourth-order valence-electron chi connectivity index (χ4n) is 5.38. The van der Waals surface area contributed by atoms with Crippen LogP contribution in [0.4, 0.5) is 0 Å². The molecule has 0 aliphatic carbocycles. The van der Waals surface area contributed by atoms with Crippen LogP contribution >= 0.6 is 7.82 Å². The summed E-state index contributed by atoms with van der Waals surface area (Å²) in [6.07, 6.45) is 34.3. The van der Waals surface area contributed by atoms with Crippen molar-refractivity contribution in [1.82, 2.24) is 0 Å². The maximum atomic E-state index is 12.5. The van der Waals surface area contributed by atoms with Gasteiger partial charge in [-0.3, -0.25) is 18.6 Å². The predicted molar refractivity (Wildman–Crippen MR) is 205 cm³/mol. The van der Waals surface area contributed by atoms with E-state index in [1.807, 2.05) is 0 Å². The van der Waals surface area contributed by atoms with Crippen LogP contribution in [-0.4, -0.2) is 65.7 Å². The van der Waals surface area contributed by atoms with Gasteiger partial charge >= 0.3 is 19.8 Å². The van der Waals surface area contributed by atoms with E-state index in [4.69, 9.17) is 19.1 Å². The number of aliphatic hydroxyl groups excluding tert-OH is 2. The largest absolute Gasteiger partial charge is 0.472 e. The van der Waals surface area contributed by atoms with Crippen LogP contribution in [0.2, 0.25) is 0 Å². The minimum Gasteiger partial charge on any atom is -0.462 e. The lowest BCUT2D eigenvalue weighted by atomic mass is 10.1. The molecule has 3 N–H and O–H groups in total. The number of esters is 2. The first-order valence-electron chi connectivity index (χ1n) is 20.3. The lowest BCUT2D eigenvalue weighted by molar-refractivity contribution is -0.161. The summed E-state index contributed by atoms with van der Waals surface area (Å²) < 4.78 is 32.6. The smallest absolute Gasteiger partial charge is 0.462 e. The molecule has 1 unspecified atom stereocenters. The summed E-state index contributed by atoms with van der Waals surface area (Å²) in [5.41, 5.74) is 0. The Hall–Kier alpha value is -1.55. The van der Waals surface area contributed by atoms with Gasteiger partial charge < -0.3 is 24.6 Å². The highest BCUT2D eigenvalue weighted by Gasteiger charge is 2.27. The molecule has 10 nitrogen and oxygen atoms in total. The molecule has 300 valence electrons. The lowest BCUT2D eigenvalue weighted by Gasteiger charge is -2.20. The van der Waals surface area contributed by atoms with Crippen LogP contribution < -0.4 is 0 Å². The van der Waals surface area contributed by atoms with E-state index < -0.39 is 51.8 Å². The molecular weight excluding hydrogens is 671 g/mol. The molecule has 0 rings (SSSR count). The zero-order chi connectivity index (χ0) is 37.7. The van der Waals surface area contributed by atoms with Crippen LogP contribution in [0.5, 0.6) is 0 Å². The van der Waals surface area contributed by atoms with Crippen LogP contribution in [0.1, 0.15) is 181 Å². The van der Waals surface area contributed by atoms with Gasteiger partial charge in [-0.15, -0.1) is 0 Å². The zero-order valence-electron chi connectivity index (χ0n) is 32.3. The normalized spacial score (nSPS) is 14.2. The Balaban J connectivity index is 4.29. The SMILES string of the molecule is CCCC/C=C/CCCCCCCC(=O)O[C@@H](COC(=O)CCCCCCCCCCC/C=C/CCCCCC)COP(=O)(O)OC[C@H](O)CO. The van der Waals surface area contributed by atoms with E-state index in [0.29, 0.717) is 12.8 Å². The van der Waals surface area contributed by atoms with Crippen molar-refractivity contribution in [2.24, 2.45) is 0 Å². The summed E-state index contributed by atoms with van der Waals surface area (Å²) >= 11 is 0. The van der Waals surface area contributed by atoms with Crippen LogP contribution in [0.15, 0.2) is 24.3 Å². The van der Waals surface area contributed by atoms with E-state index in [9.17, 15) is 24.2 Å². The second-order valence-corrected chi connectivity index (χ2v) is 15.1. The van der Waals surface area contributed by atoms with Gasteiger partial charge in [0.1, 0.15) is 12.7 Å².